The maximum atomic E-state index is 12.4. The van der Waals surface area contributed by atoms with Crippen molar-refractivity contribution in [3.8, 4) is 0 Å². The molecule has 1 aliphatic heterocycles. The van der Waals surface area contributed by atoms with Crippen LogP contribution in [0.4, 0.5) is 13.2 Å². The van der Waals surface area contributed by atoms with Gasteiger partial charge >= 0.3 is 6.18 Å². The Morgan fingerprint density at radius 2 is 1.94 bits per heavy atom. The zero-order chi connectivity index (χ0) is 12.3. The average molecular weight is 238 g/mol. The zero-order valence-electron chi connectivity index (χ0n) is 10.1. The number of nitrogens with one attached hydrogen (secondary N) is 1. The van der Waals surface area contributed by atoms with E-state index in [1.807, 2.05) is 13.8 Å². The third-order valence-electron chi connectivity index (χ3n) is 3.26. The maximum absolute atomic E-state index is 12.4. The molecule has 0 bridgehead atoms. The number of rotatable bonds is 4. The monoisotopic (exact) mass is 238 g/mol. The summed E-state index contributed by atoms with van der Waals surface area (Å²) in [6.07, 6.45) is -4.10. The predicted molar refractivity (Wildman–Crippen MR) is 58.3 cm³/mol. The van der Waals surface area contributed by atoms with Crippen LogP contribution in [0, 0.1) is 11.8 Å². The molecule has 1 rings (SSSR count). The van der Waals surface area contributed by atoms with Gasteiger partial charge in [-0.3, -0.25) is 4.90 Å². The molecule has 5 heteroatoms. The Balaban J connectivity index is 2.51. The van der Waals surface area contributed by atoms with E-state index in [1.54, 1.807) is 0 Å². The Morgan fingerprint density at radius 3 is 2.31 bits per heavy atom. The second kappa shape index (κ2) is 5.36. The summed E-state index contributed by atoms with van der Waals surface area (Å²) in [6, 6.07) is -0.0607. The molecule has 0 aliphatic carbocycles. The number of nitrogens with zero attached hydrogens (tertiary/aromatic N) is 1. The molecule has 96 valence electrons. The van der Waals surface area contributed by atoms with Crippen LogP contribution in [-0.2, 0) is 0 Å². The number of hydrogen-bond acceptors (Lipinski definition) is 2. The summed E-state index contributed by atoms with van der Waals surface area (Å²) in [5.74, 6) is 0.805. The molecule has 2 unspecified atom stereocenters. The summed E-state index contributed by atoms with van der Waals surface area (Å²) in [4.78, 5) is 1.52. The van der Waals surface area contributed by atoms with E-state index in [1.165, 1.54) is 4.90 Å². The van der Waals surface area contributed by atoms with Gasteiger partial charge in [-0.25, -0.2) is 0 Å². The second-order valence-corrected chi connectivity index (χ2v) is 5.03. The van der Waals surface area contributed by atoms with E-state index in [-0.39, 0.29) is 6.04 Å². The fraction of sp³-hybridized carbons (Fsp3) is 1.00. The van der Waals surface area contributed by atoms with Crippen molar-refractivity contribution in [2.75, 3.05) is 26.2 Å². The van der Waals surface area contributed by atoms with E-state index in [0.29, 0.717) is 18.4 Å². The third kappa shape index (κ3) is 4.29. The molecule has 16 heavy (non-hydrogen) atoms. The van der Waals surface area contributed by atoms with Crippen molar-refractivity contribution in [3.05, 3.63) is 0 Å². The highest BCUT2D eigenvalue weighted by Crippen LogP contribution is 2.22. The van der Waals surface area contributed by atoms with Gasteiger partial charge in [0.2, 0.25) is 0 Å². The molecule has 1 aliphatic rings. The lowest BCUT2D eigenvalue weighted by Gasteiger charge is -2.31. The highest BCUT2D eigenvalue weighted by atomic mass is 19.4. The molecule has 1 saturated heterocycles. The topological polar surface area (TPSA) is 15.3 Å². The first-order chi connectivity index (χ1) is 7.29. The largest absolute Gasteiger partial charge is 0.401 e. The van der Waals surface area contributed by atoms with E-state index in [4.69, 9.17) is 0 Å². The van der Waals surface area contributed by atoms with Gasteiger partial charge in [-0.1, -0.05) is 6.92 Å². The Hall–Kier alpha value is -0.290. The van der Waals surface area contributed by atoms with Crippen LogP contribution < -0.4 is 5.32 Å². The van der Waals surface area contributed by atoms with E-state index < -0.39 is 12.7 Å². The summed E-state index contributed by atoms with van der Waals surface area (Å²) in [5.41, 5.74) is 0. The Kier molecular flexibility index (Phi) is 4.62. The molecule has 0 amide bonds. The molecular formula is C11H21F3N2. The Labute approximate surface area is 95.2 Å². The molecule has 0 spiro atoms. The number of hydrogen-bond donors (Lipinski definition) is 1. The predicted octanol–water partition coefficient (Wildman–Crippen LogP) is 2.11. The van der Waals surface area contributed by atoms with Crippen molar-refractivity contribution >= 4 is 0 Å². The van der Waals surface area contributed by atoms with Crippen LogP contribution in [0.1, 0.15) is 20.8 Å². The van der Waals surface area contributed by atoms with Gasteiger partial charge in [0.25, 0.3) is 0 Å². The molecule has 0 saturated carbocycles. The van der Waals surface area contributed by atoms with E-state index in [0.717, 1.165) is 13.1 Å². The Bertz CT molecular complexity index is 216. The summed E-state index contributed by atoms with van der Waals surface area (Å²) in [5, 5.41) is 3.22. The molecule has 2 atom stereocenters. The molecule has 1 heterocycles. The fourth-order valence-corrected chi connectivity index (χ4v) is 2.10. The van der Waals surface area contributed by atoms with Gasteiger partial charge in [-0.2, -0.15) is 13.2 Å². The lowest BCUT2D eigenvalue weighted by molar-refractivity contribution is -0.151. The minimum Gasteiger partial charge on any atom is -0.316 e. The highest BCUT2D eigenvalue weighted by Gasteiger charge is 2.34. The van der Waals surface area contributed by atoms with Crippen LogP contribution >= 0.6 is 0 Å². The van der Waals surface area contributed by atoms with Crippen molar-refractivity contribution in [2.24, 2.45) is 11.8 Å². The first kappa shape index (κ1) is 13.8. The van der Waals surface area contributed by atoms with Gasteiger partial charge in [0.05, 0.1) is 6.54 Å². The van der Waals surface area contributed by atoms with Crippen molar-refractivity contribution in [3.63, 3.8) is 0 Å². The van der Waals surface area contributed by atoms with Gasteiger partial charge in [-0.05, 0) is 38.8 Å². The first-order valence-corrected chi connectivity index (χ1v) is 5.81. The second-order valence-electron chi connectivity index (χ2n) is 5.03. The van der Waals surface area contributed by atoms with Crippen LogP contribution in [0.2, 0.25) is 0 Å². The van der Waals surface area contributed by atoms with Crippen molar-refractivity contribution in [1.29, 1.82) is 0 Å². The van der Waals surface area contributed by atoms with E-state index in [9.17, 15) is 13.2 Å². The molecule has 2 nitrogen and oxygen atoms in total. The van der Waals surface area contributed by atoms with Crippen LogP contribution in [0.3, 0.4) is 0 Å². The quantitative estimate of drug-likeness (QED) is 0.807. The molecule has 0 aromatic heterocycles. The van der Waals surface area contributed by atoms with Crippen molar-refractivity contribution in [1.82, 2.24) is 10.2 Å². The van der Waals surface area contributed by atoms with Crippen molar-refractivity contribution < 1.29 is 13.2 Å². The van der Waals surface area contributed by atoms with Crippen LogP contribution in [-0.4, -0.2) is 43.3 Å². The maximum Gasteiger partial charge on any atom is 0.401 e. The summed E-state index contributed by atoms with van der Waals surface area (Å²) in [6.45, 7) is 7.22. The lowest BCUT2D eigenvalue weighted by Crippen LogP contribution is -2.43. The molecule has 0 aromatic carbocycles. The molecule has 1 fully saturated rings. The van der Waals surface area contributed by atoms with E-state index >= 15 is 0 Å². The van der Waals surface area contributed by atoms with Crippen LogP contribution in [0.25, 0.3) is 0 Å². The zero-order valence-corrected chi connectivity index (χ0v) is 10.1. The number of alkyl halides is 3. The summed E-state index contributed by atoms with van der Waals surface area (Å²) >= 11 is 0. The minimum atomic E-state index is -4.10. The van der Waals surface area contributed by atoms with Crippen molar-refractivity contribution in [2.45, 2.75) is 33.0 Å². The standard InChI is InChI=1S/C11H21F3N2/c1-8(2)16(7-11(12,13)14)6-10-5-15-4-9(10)3/h8-10,15H,4-7H2,1-3H3. The van der Waals surface area contributed by atoms with Crippen LogP contribution in [0.15, 0.2) is 0 Å². The molecule has 0 radical (unpaired) electrons. The van der Waals surface area contributed by atoms with Gasteiger partial charge in [0.15, 0.2) is 0 Å². The van der Waals surface area contributed by atoms with Gasteiger partial charge in [0.1, 0.15) is 0 Å². The number of halogens is 3. The Morgan fingerprint density at radius 1 is 1.31 bits per heavy atom. The van der Waals surface area contributed by atoms with Gasteiger partial charge in [0, 0.05) is 12.6 Å². The smallest absolute Gasteiger partial charge is 0.316 e. The minimum absolute atomic E-state index is 0.0607. The summed E-state index contributed by atoms with van der Waals surface area (Å²) < 4.78 is 37.1. The normalized spacial score (nSPS) is 27.0. The summed E-state index contributed by atoms with van der Waals surface area (Å²) in [7, 11) is 0. The van der Waals surface area contributed by atoms with Gasteiger partial charge < -0.3 is 5.32 Å². The molecule has 1 N–H and O–H groups in total. The highest BCUT2D eigenvalue weighted by molar-refractivity contribution is 4.82. The SMILES string of the molecule is CC1CNCC1CN(CC(F)(F)F)C(C)C. The van der Waals surface area contributed by atoms with Gasteiger partial charge in [-0.15, -0.1) is 0 Å². The molecule has 0 aromatic rings. The first-order valence-electron chi connectivity index (χ1n) is 5.81. The lowest BCUT2D eigenvalue weighted by atomic mass is 9.97. The van der Waals surface area contributed by atoms with E-state index in [2.05, 4.69) is 12.2 Å². The average Bonchev–Trinajstić information content (AvgIpc) is 2.48. The fourth-order valence-electron chi connectivity index (χ4n) is 2.10. The molecular weight excluding hydrogens is 217 g/mol. The van der Waals surface area contributed by atoms with Crippen LogP contribution in [0.5, 0.6) is 0 Å². The third-order valence-corrected chi connectivity index (χ3v) is 3.26.